The third-order valence-corrected chi connectivity index (χ3v) is 3.80. The lowest BCUT2D eigenvalue weighted by atomic mass is 10.2. The zero-order valence-electron chi connectivity index (χ0n) is 12.0. The SMILES string of the molecule is Fc1ccc(-c2nc(Cl)cc(NNc3ccc(Cl)cc3Cl)n2)cc1. The predicted molar refractivity (Wildman–Crippen MR) is 96.1 cm³/mol. The number of hydrogen-bond acceptors (Lipinski definition) is 4. The number of aromatic nitrogens is 2. The fourth-order valence-electron chi connectivity index (χ4n) is 1.93. The first-order valence-corrected chi connectivity index (χ1v) is 7.92. The second-order valence-corrected chi connectivity index (χ2v) is 6.01. The number of hydrogen-bond donors (Lipinski definition) is 2. The molecule has 0 saturated heterocycles. The van der Waals surface area contributed by atoms with Crippen LogP contribution in [-0.4, -0.2) is 9.97 Å². The van der Waals surface area contributed by atoms with Gasteiger partial charge in [-0.2, -0.15) is 0 Å². The molecule has 0 bridgehead atoms. The molecule has 0 aliphatic heterocycles. The highest BCUT2D eigenvalue weighted by Crippen LogP contribution is 2.26. The van der Waals surface area contributed by atoms with Gasteiger partial charge in [0.1, 0.15) is 16.8 Å². The average Bonchev–Trinajstić information content (AvgIpc) is 2.54. The van der Waals surface area contributed by atoms with Gasteiger partial charge in [0, 0.05) is 16.7 Å². The zero-order valence-corrected chi connectivity index (χ0v) is 14.3. The summed E-state index contributed by atoms with van der Waals surface area (Å²) in [6.07, 6.45) is 0. The van der Waals surface area contributed by atoms with E-state index in [2.05, 4.69) is 20.8 Å². The average molecular weight is 384 g/mol. The van der Waals surface area contributed by atoms with Crippen molar-refractivity contribution in [1.82, 2.24) is 9.97 Å². The molecule has 0 fully saturated rings. The molecule has 2 N–H and O–H groups in total. The minimum absolute atomic E-state index is 0.246. The molecule has 0 amide bonds. The van der Waals surface area contributed by atoms with Crippen LogP contribution in [0.4, 0.5) is 15.9 Å². The third-order valence-electron chi connectivity index (χ3n) is 3.05. The van der Waals surface area contributed by atoms with Crippen LogP contribution in [0, 0.1) is 5.82 Å². The monoisotopic (exact) mass is 382 g/mol. The van der Waals surface area contributed by atoms with Crippen molar-refractivity contribution in [2.75, 3.05) is 10.9 Å². The minimum atomic E-state index is -0.335. The van der Waals surface area contributed by atoms with E-state index in [1.165, 1.54) is 12.1 Å². The quantitative estimate of drug-likeness (QED) is 0.449. The lowest BCUT2D eigenvalue weighted by Gasteiger charge is -2.12. The molecule has 0 saturated carbocycles. The lowest BCUT2D eigenvalue weighted by molar-refractivity contribution is 0.628. The molecule has 3 rings (SSSR count). The van der Waals surface area contributed by atoms with Crippen molar-refractivity contribution in [1.29, 1.82) is 0 Å². The van der Waals surface area contributed by atoms with Crippen molar-refractivity contribution in [2.45, 2.75) is 0 Å². The number of rotatable bonds is 4. The highest BCUT2D eigenvalue weighted by molar-refractivity contribution is 6.36. The number of hydrazine groups is 1. The van der Waals surface area contributed by atoms with E-state index < -0.39 is 0 Å². The van der Waals surface area contributed by atoms with Crippen molar-refractivity contribution in [3.63, 3.8) is 0 Å². The minimum Gasteiger partial charge on any atom is -0.298 e. The van der Waals surface area contributed by atoms with Crippen molar-refractivity contribution >= 4 is 46.3 Å². The molecule has 0 atom stereocenters. The largest absolute Gasteiger partial charge is 0.298 e. The molecule has 0 aliphatic carbocycles. The first-order chi connectivity index (χ1) is 11.5. The Balaban J connectivity index is 1.82. The maximum atomic E-state index is 13.0. The summed E-state index contributed by atoms with van der Waals surface area (Å²) in [7, 11) is 0. The summed E-state index contributed by atoms with van der Waals surface area (Å²) in [5.41, 5.74) is 7.09. The Labute approximate surface area is 152 Å². The van der Waals surface area contributed by atoms with Crippen LogP contribution in [0.2, 0.25) is 15.2 Å². The Morgan fingerprint density at radius 2 is 1.58 bits per heavy atom. The van der Waals surface area contributed by atoms with E-state index in [1.54, 1.807) is 36.4 Å². The smallest absolute Gasteiger partial charge is 0.163 e. The van der Waals surface area contributed by atoms with Crippen molar-refractivity contribution < 1.29 is 4.39 Å². The molecule has 0 radical (unpaired) electrons. The summed E-state index contributed by atoms with van der Waals surface area (Å²) < 4.78 is 13.0. The van der Waals surface area contributed by atoms with E-state index in [-0.39, 0.29) is 11.0 Å². The van der Waals surface area contributed by atoms with Gasteiger partial charge in [0.2, 0.25) is 0 Å². The fraction of sp³-hybridized carbons (Fsp3) is 0. The first-order valence-electron chi connectivity index (χ1n) is 6.79. The topological polar surface area (TPSA) is 49.8 Å². The van der Waals surface area contributed by atoms with Gasteiger partial charge in [-0.05, 0) is 42.5 Å². The molecular formula is C16H10Cl3FN4. The third kappa shape index (κ3) is 4.06. The van der Waals surface area contributed by atoms with E-state index in [0.29, 0.717) is 32.9 Å². The van der Waals surface area contributed by atoms with E-state index in [9.17, 15) is 4.39 Å². The maximum Gasteiger partial charge on any atom is 0.163 e. The molecule has 122 valence electrons. The highest BCUT2D eigenvalue weighted by atomic mass is 35.5. The summed E-state index contributed by atoms with van der Waals surface area (Å²) in [5.74, 6) is 0.465. The van der Waals surface area contributed by atoms with Crippen LogP contribution in [-0.2, 0) is 0 Å². The number of nitrogens with one attached hydrogen (secondary N) is 2. The number of halogens is 4. The molecule has 4 nitrogen and oxygen atoms in total. The molecule has 0 unspecified atom stereocenters. The van der Waals surface area contributed by atoms with Crippen LogP contribution in [0.3, 0.4) is 0 Å². The summed E-state index contributed by atoms with van der Waals surface area (Å²) in [4.78, 5) is 8.47. The van der Waals surface area contributed by atoms with Crippen LogP contribution < -0.4 is 10.9 Å². The molecule has 1 heterocycles. The van der Waals surface area contributed by atoms with Gasteiger partial charge in [0.05, 0.1) is 10.7 Å². The normalized spacial score (nSPS) is 10.5. The molecule has 2 aromatic carbocycles. The summed E-state index contributed by atoms with van der Waals surface area (Å²) in [6.45, 7) is 0. The Bertz CT molecular complexity index is 872. The van der Waals surface area contributed by atoms with Crippen LogP contribution in [0.1, 0.15) is 0 Å². The first kappa shape index (κ1) is 16.8. The van der Waals surface area contributed by atoms with Gasteiger partial charge >= 0.3 is 0 Å². The van der Waals surface area contributed by atoms with Gasteiger partial charge in [0.25, 0.3) is 0 Å². The zero-order chi connectivity index (χ0) is 17.1. The molecule has 0 spiro atoms. The van der Waals surface area contributed by atoms with E-state index in [0.717, 1.165) is 0 Å². The van der Waals surface area contributed by atoms with E-state index in [1.807, 2.05) is 0 Å². The Morgan fingerprint density at radius 1 is 0.833 bits per heavy atom. The van der Waals surface area contributed by atoms with Gasteiger partial charge in [-0.25, -0.2) is 14.4 Å². The second-order valence-electron chi connectivity index (χ2n) is 4.78. The second kappa shape index (κ2) is 7.21. The van der Waals surface area contributed by atoms with Gasteiger partial charge in [-0.15, -0.1) is 0 Å². The van der Waals surface area contributed by atoms with Crippen LogP contribution >= 0.6 is 34.8 Å². The summed E-state index contributed by atoms with van der Waals surface area (Å²) in [6, 6.07) is 12.4. The lowest BCUT2D eigenvalue weighted by Crippen LogP contribution is -2.11. The molecule has 1 aromatic heterocycles. The molecule has 24 heavy (non-hydrogen) atoms. The van der Waals surface area contributed by atoms with Crippen LogP contribution in [0.5, 0.6) is 0 Å². The molecular weight excluding hydrogens is 374 g/mol. The number of benzene rings is 2. The molecule has 0 aliphatic rings. The van der Waals surface area contributed by atoms with Crippen LogP contribution in [0.15, 0.2) is 48.5 Å². The van der Waals surface area contributed by atoms with Gasteiger partial charge in [-0.1, -0.05) is 34.8 Å². The Kier molecular flexibility index (Phi) is 5.04. The van der Waals surface area contributed by atoms with Crippen molar-refractivity contribution in [2.24, 2.45) is 0 Å². The molecule has 8 heteroatoms. The van der Waals surface area contributed by atoms with Gasteiger partial charge < -0.3 is 0 Å². The fourth-order valence-corrected chi connectivity index (χ4v) is 2.57. The van der Waals surface area contributed by atoms with Gasteiger partial charge in [-0.3, -0.25) is 10.9 Å². The predicted octanol–water partition coefficient (Wildman–Crippen LogP) is 5.68. The Morgan fingerprint density at radius 3 is 2.29 bits per heavy atom. The van der Waals surface area contributed by atoms with Crippen molar-refractivity contribution in [3.8, 4) is 11.4 Å². The molecule has 3 aromatic rings. The van der Waals surface area contributed by atoms with E-state index >= 15 is 0 Å². The highest BCUT2D eigenvalue weighted by Gasteiger charge is 2.07. The standard InChI is InChI=1S/C16H10Cl3FN4/c17-10-3-6-13(12(18)7-10)23-24-15-8-14(19)21-16(22-15)9-1-4-11(20)5-2-9/h1-8,23H,(H,21,22,24). The summed E-state index contributed by atoms with van der Waals surface area (Å²) >= 11 is 18.0. The van der Waals surface area contributed by atoms with Gasteiger partial charge in [0.15, 0.2) is 5.82 Å². The number of anilines is 2. The summed E-state index contributed by atoms with van der Waals surface area (Å²) in [5, 5.41) is 1.24. The van der Waals surface area contributed by atoms with Crippen molar-refractivity contribution in [3.05, 3.63) is 69.5 Å². The van der Waals surface area contributed by atoms with E-state index in [4.69, 9.17) is 34.8 Å². The number of nitrogens with zero attached hydrogens (tertiary/aromatic N) is 2. The Hall–Kier alpha value is -2.08. The maximum absolute atomic E-state index is 13.0. The van der Waals surface area contributed by atoms with Crippen LogP contribution in [0.25, 0.3) is 11.4 Å².